The van der Waals surface area contributed by atoms with Crippen LogP contribution in [0.4, 0.5) is 0 Å². The summed E-state index contributed by atoms with van der Waals surface area (Å²) in [5.41, 5.74) is 0. The average Bonchev–Trinajstić information content (AvgIpc) is 3.00. The Morgan fingerprint density at radius 2 is 2.00 bits per heavy atom. The fourth-order valence-electron chi connectivity index (χ4n) is 1.09. The van der Waals surface area contributed by atoms with Crippen LogP contribution < -0.4 is 4.72 Å². The van der Waals surface area contributed by atoms with Crippen molar-refractivity contribution in [1.82, 2.24) is 14.7 Å². The van der Waals surface area contributed by atoms with E-state index in [1.54, 1.807) is 12.4 Å². The Bertz CT molecular complexity index is 441. The van der Waals surface area contributed by atoms with Crippen molar-refractivity contribution in [2.24, 2.45) is 0 Å². The summed E-state index contributed by atoms with van der Waals surface area (Å²) in [6.45, 7) is 0.159. The van der Waals surface area contributed by atoms with Gasteiger partial charge in [0, 0.05) is 12.4 Å². The van der Waals surface area contributed by atoms with Crippen LogP contribution in [0.1, 0.15) is 18.7 Å². The smallest absolute Gasteiger partial charge is 0.214 e. The van der Waals surface area contributed by atoms with E-state index in [1.165, 1.54) is 0 Å². The van der Waals surface area contributed by atoms with Gasteiger partial charge in [-0.1, -0.05) is 0 Å². The third kappa shape index (κ3) is 2.96. The second-order valence-electron chi connectivity index (χ2n) is 3.38. The predicted octanol–water partition coefficient (Wildman–Crippen LogP) is 0.821. The van der Waals surface area contributed by atoms with Crippen LogP contribution in [-0.2, 0) is 16.6 Å². The quantitative estimate of drug-likeness (QED) is 0.892. The van der Waals surface area contributed by atoms with Crippen LogP contribution in [0.3, 0.4) is 0 Å². The fourth-order valence-corrected chi connectivity index (χ4v) is 2.62. The van der Waals surface area contributed by atoms with Gasteiger partial charge >= 0.3 is 0 Å². The van der Waals surface area contributed by atoms with E-state index in [-0.39, 0.29) is 11.8 Å². The first-order valence-electron chi connectivity index (χ1n) is 4.53. The highest BCUT2D eigenvalue weighted by molar-refractivity contribution is 9.10. The van der Waals surface area contributed by atoms with Crippen LogP contribution in [0, 0.1) is 0 Å². The van der Waals surface area contributed by atoms with Crippen LogP contribution in [-0.4, -0.2) is 23.6 Å². The molecule has 1 N–H and O–H groups in total. The Morgan fingerprint density at radius 1 is 1.40 bits per heavy atom. The van der Waals surface area contributed by atoms with E-state index in [4.69, 9.17) is 0 Å². The van der Waals surface area contributed by atoms with Crippen molar-refractivity contribution in [2.45, 2.75) is 24.6 Å². The maximum Gasteiger partial charge on any atom is 0.214 e. The summed E-state index contributed by atoms with van der Waals surface area (Å²) in [6, 6.07) is 0. The third-order valence-electron chi connectivity index (χ3n) is 2.07. The molecule has 0 saturated heterocycles. The molecular formula is C8H10BrN3O2S. The molecule has 0 aromatic carbocycles. The van der Waals surface area contributed by atoms with Gasteiger partial charge in [-0.2, -0.15) is 0 Å². The molecule has 1 fully saturated rings. The van der Waals surface area contributed by atoms with Crippen molar-refractivity contribution in [3.8, 4) is 0 Å². The van der Waals surface area contributed by atoms with E-state index in [0.717, 1.165) is 17.3 Å². The van der Waals surface area contributed by atoms with Gasteiger partial charge in [0.2, 0.25) is 10.0 Å². The molecule has 1 aliphatic rings. The summed E-state index contributed by atoms with van der Waals surface area (Å²) in [5.74, 6) is 0.474. The van der Waals surface area contributed by atoms with Crippen molar-refractivity contribution in [3.05, 3.63) is 22.7 Å². The standard InChI is InChI=1S/C8H10BrN3O2S/c9-6-3-10-8(11-4-6)5-12-15(13,14)7-1-2-7/h3-4,7,12H,1-2,5H2. The number of nitrogens with zero attached hydrogens (tertiary/aromatic N) is 2. The highest BCUT2D eigenvalue weighted by Gasteiger charge is 2.35. The summed E-state index contributed by atoms with van der Waals surface area (Å²) in [5, 5.41) is -0.201. The van der Waals surface area contributed by atoms with Crippen molar-refractivity contribution < 1.29 is 8.42 Å². The number of nitrogens with one attached hydrogen (secondary N) is 1. The van der Waals surface area contributed by atoms with Gasteiger partial charge in [-0.25, -0.2) is 23.1 Å². The Morgan fingerprint density at radius 3 is 2.53 bits per heavy atom. The summed E-state index contributed by atoms with van der Waals surface area (Å²) in [4.78, 5) is 7.95. The lowest BCUT2D eigenvalue weighted by atomic mass is 10.6. The molecular weight excluding hydrogens is 282 g/mol. The van der Waals surface area contributed by atoms with Crippen LogP contribution in [0.2, 0.25) is 0 Å². The molecule has 5 nitrogen and oxygen atoms in total. The molecule has 0 atom stereocenters. The number of hydrogen-bond acceptors (Lipinski definition) is 4. The predicted molar refractivity (Wildman–Crippen MR) is 58.5 cm³/mol. The average molecular weight is 292 g/mol. The molecule has 1 aliphatic carbocycles. The molecule has 1 aromatic heterocycles. The van der Waals surface area contributed by atoms with E-state index in [9.17, 15) is 8.42 Å². The zero-order valence-electron chi connectivity index (χ0n) is 7.85. The van der Waals surface area contributed by atoms with E-state index < -0.39 is 10.0 Å². The van der Waals surface area contributed by atoms with Gasteiger partial charge in [0.05, 0.1) is 16.3 Å². The lowest BCUT2D eigenvalue weighted by Gasteiger charge is -2.03. The normalized spacial score (nSPS) is 16.6. The lowest BCUT2D eigenvalue weighted by molar-refractivity contribution is 0.578. The third-order valence-corrected chi connectivity index (χ3v) is 4.37. The Hall–Kier alpha value is -0.530. The summed E-state index contributed by atoms with van der Waals surface area (Å²) in [7, 11) is -3.14. The SMILES string of the molecule is O=S(=O)(NCc1ncc(Br)cn1)C1CC1. The van der Waals surface area contributed by atoms with E-state index in [2.05, 4.69) is 30.6 Å². The zero-order chi connectivity index (χ0) is 10.9. The fraction of sp³-hybridized carbons (Fsp3) is 0.500. The lowest BCUT2D eigenvalue weighted by Crippen LogP contribution is -2.27. The molecule has 0 unspecified atom stereocenters. The van der Waals surface area contributed by atoms with Crippen molar-refractivity contribution in [3.63, 3.8) is 0 Å². The number of halogens is 1. The maximum absolute atomic E-state index is 11.5. The molecule has 1 saturated carbocycles. The van der Waals surface area contributed by atoms with Gasteiger partial charge in [-0.15, -0.1) is 0 Å². The molecule has 0 amide bonds. The van der Waals surface area contributed by atoms with E-state index in [0.29, 0.717) is 5.82 Å². The largest absolute Gasteiger partial charge is 0.239 e. The van der Waals surface area contributed by atoms with Gasteiger partial charge in [0.15, 0.2) is 0 Å². The van der Waals surface area contributed by atoms with Gasteiger partial charge in [0.25, 0.3) is 0 Å². The molecule has 82 valence electrons. The highest BCUT2D eigenvalue weighted by atomic mass is 79.9. The minimum atomic E-state index is -3.14. The van der Waals surface area contributed by atoms with E-state index in [1.807, 2.05) is 0 Å². The van der Waals surface area contributed by atoms with Crippen molar-refractivity contribution in [1.29, 1.82) is 0 Å². The van der Waals surface area contributed by atoms with Crippen LogP contribution in [0.25, 0.3) is 0 Å². The molecule has 15 heavy (non-hydrogen) atoms. The summed E-state index contributed by atoms with van der Waals surface area (Å²) in [6.07, 6.45) is 4.70. The number of rotatable bonds is 4. The Labute approximate surface area is 96.5 Å². The minimum absolute atomic E-state index is 0.159. The topological polar surface area (TPSA) is 72.0 Å². The van der Waals surface area contributed by atoms with Gasteiger partial charge in [0.1, 0.15) is 5.82 Å². The molecule has 7 heteroatoms. The van der Waals surface area contributed by atoms with Crippen molar-refractivity contribution in [2.75, 3.05) is 0 Å². The monoisotopic (exact) mass is 291 g/mol. The van der Waals surface area contributed by atoms with Gasteiger partial charge in [-0.3, -0.25) is 0 Å². The van der Waals surface area contributed by atoms with Crippen LogP contribution in [0.5, 0.6) is 0 Å². The Kier molecular flexibility index (Phi) is 3.03. The van der Waals surface area contributed by atoms with Crippen LogP contribution in [0.15, 0.2) is 16.9 Å². The maximum atomic E-state index is 11.5. The molecule has 0 bridgehead atoms. The minimum Gasteiger partial charge on any atom is -0.239 e. The molecule has 2 rings (SSSR count). The Balaban J connectivity index is 1.95. The number of sulfonamides is 1. The molecule has 0 radical (unpaired) electrons. The number of hydrogen-bond donors (Lipinski definition) is 1. The highest BCUT2D eigenvalue weighted by Crippen LogP contribution is 2.27. The molecule has 0 aliphatic heterocycles. The van der Waals surface area contributed by atoms with E-state index >= 15 is 0 Å². The number of aromatic nitrogens is 2. The van der Waals surface area contributed by atoms with Crippen LogP contribution >= 0.6 is 15.9 Å². The van der Waals surface area contributed by atoms with Gasteiger partial charge < -0.3 is 0 Å². The second kappa shape index (κ2) is 4.15. The summed E-state index contributed by atoms with van der Waals surface area (Å²) < 4.78 is 26.2. The molecule has 1 aromatic rings. The first-order valence-corrected chi connectivity index (χ1v) is 6.87. The molecule has 1 heterocycles. The molecule has 0 spiro atoms. The first-order chi connectivity index (χ1) is 7.08. The van der Waals surface area contributed by atoms with Crippen molar-refractivity contribution >= 4 is 26.0 Å². The van der Waals surface area contributed by atoms with Gasteiger partial charge in [-0.05, 0) is 28.8 Å². The first kappa shape index (κ1) is 11.0. The zero-order valence-corrected chi connectivity index (χ0v) is 10.3. The second-order valence-corrected chi connectivity index (χ2v) is 6.34. The summed E-state index contributed by atoms with van der Waals surface area (Å²) >= 11 is 3.21.